The van der Waals surface area contributed by atoms with E-state index in [9.17, 15) is 46.4 Å². The molecule has 0 aromatic heterocycles. The standard InChI is InChI=1S/C24H31F5N6O4/c25-23(26)11-34(12-23)10-17(33-22(39)24(27,28)29)21(38)35-9-14-3-1-5-16(14)18(35)20(37)32-15(8-30)7-13-4-2-6-31-19(13)36/h13-18H,1-7,9-12H2,(H,31,36)(H,32,37)(H,33,39)/t13-,14-,15-,16-,17-,18-/m0/s1. The van der Waals surface area contributed by atoms with Crippen molar-refractivity contribution in [2.45, 2.75) is 68.7 Å². The molecular weight excluding hydrogens is 531 g/mol. The minimum absolute atomic E-state index is 0.0540. The van der Waals surface area contributed by atoms with Crippen LogP contribution in [0, 0.1) is 29.1 Å². The minimum Gasteiger partial charge on any atom is -0.356 e. The van der Waals surface area contributed by atoms with Gasteiger partial charge in [-0.05, 0) is 43.9 Å². The van der Waals surface area contributed by atoms with Crippen molar-refractivity contribution in [1.82, 2.24) is 25.8 Å². The van der Waals surface area contributed by atoms with E-state index in [4.69, 9.17) is 0 Å². The molecule has 4 aliphatic rings. The van der Waals surface area contributed by atoms with E-state index in [-0.39, 0.29) is 30.7 Å². The third kappa shape index (κ3) is 6.59. The summed E-state index contributed by atoms with van der Waals surface area (Å²) in [4.78, 5) is 53.0. The van der Waals surface area contributed by atoms with Gasteiger partial charge in [0.15, 0.2) is 0 Å². The largest absolute Gasteiger partial charge is 0.471 e. The second-order valence-electron chi connectivity index (χ2n) is 10.9. The molecule has 0 unspecified atom stereocenters. The van der Waals surface area contributed by atoms with Gasteiger partial charge < -0.3 is 20.9 Å². The highest BCUT2D eigenvalue weighted by Gasteiger charge is 2.53. The van der Waals surface area contributed by atoms with Crippen LogP contribution in [0.25, 0.3) is 0 Å². The minimum atomic E-state index is -5.30. The number of carbonyl (C=O) groups is 4. The molecule has 1 aliphatic carbocycles. The first kappa shape index (κ1) is 29.0. The van der Waals surface area contributed by atoms with Crippen LogP contribution in [0.4, 0.5) is 22.0 Å². The third-order valence-corrected chi connectivity index (χ3v) is 8.05. The Morgan fingerprint density at radius 1 is 1.13 bits per heavy atom. The molecule has 39 heavy (non-hydrogen) atoms. The fourth-order valence-electron chi connectivity index (χ4n) is 6.24. The fraction of sp³-hybridized carbons (Fsp3) is 0.792. The Kier molecular flexibility index (Phi) is 8.34. The van der Waals surface area contributed by atoms with Gasteiger partial charge >= 0.3 is 12.1 Å². The van der Waals surface area contributed by atoms with Crippen molar-refractivity contribution < 1.29 is 41.1 Å². The Labute approximate surface area is 221 Å². The smallest absolute Gasteiger partial charge is 0.356 e. The molecule has 0 bridgehead atoms. The maximum atomic E-state index is 13.5. The van der Waals surface area contributed by atoms with Gasteiger partial charge in [0.2, 0.25) is 17.7 Å². The molecule has 3 aliphatic heterocycles. The lowest BCUT2D eigenvalue weighted by molar-refractivity contribution is -0.176. The van der Waals surface area contributed by atoms with Crippen LogP contribution >= 0.6 is 0 Å². The predicted molar refractivity (Wildman–Crippen MR) is 124 cm³/mol. The first-order valence-electron chi connectivity index (χ1n) is 13.0. The van der Waals surface area contributed by atoms with Crippen molar-refractivity contribution >= 4 is 23.6 Å². The Balaban J connectivity index is 1.50. The fourth-order valence-corrected chi connectivity index (χ4v) is 6.24. The summed E-state index contributed by atoms with van der Waals surface area (Å²) in [6.45, 7) is -1.53. The van der Waals surface area contributed by atoms with Crippen LogP contribution in [0.2, 0.25) is 0 Å². The lowest BCUT2D eigenvalue weighted by Gasteiger charge is -2.41. The molecular formula is C24H31F5N6O4. The van der Waals surface area contributed by atoms with E-state index < -0.39 is 73.5 Å². The zero-order valence-electron chi connectivity index (χ0n) is 21.1. The van der Waals surface area contributed by atoms with Gasteiger partial charge in [-0.3, -0.25) is 24.1 Å². The van der Waals surface area contributed by atoms with Gasteiger partial charge in [0.1, 0.15) is 18.1 Å². The Morgan fingerprint density at radius 3 is 2.46 bits per heavy atom. The van der Waals surface area contributed by atoms with Gasteiger partial charge in [-0.15, -0.1) is 0 Å². The van der Waals surface area contributed by atoms with E-state index in [1.165, 1.54) is 0 Å². The predicted octanol–water partition coefficient (Wildman–Crippen LogP) is 0.536. The Morgan fingerprint density at radius 2 is 1.85 bits per heavy atom. The number of alkyl halides is 5. The lowest BCUT2D eigenvalue weighted by atomic mass is 9.90. The highest BCUT2D eigenvalue weighted by Crippen LogP contribution is 2.42. The number of rotatable bonds is 8. The number of nitrogens with one attached hydrogen (secondary N) is 3. The molecule has 216 valence electrons. The highest BCUT2D eigenvalue weighted by molar-refractivity contribution is 5.94. The number of hydrogen-bond acceptors (Lipinski definition) is 6. The van der Waals surface area contributed by atoms with Crippen molar-refractivity contribution in [2.75, 3.05) is 32.7 Å². The van der Waals surface area contributed by atoms with Crippen molar-refractivity contribution in [3.63, 3.8) is 0 Å². The van der Waals surface area contributed by atoms with Crippen LogP contribution in [0.1, 0.15) is 38.5 Å². The molecule has 3 saturated heterocycles. The Hall–Kier alpha value is -3.02. The van der Waals surface area contributed by atoms with Crippen molar-refractivity contribution in [1.29, 1.82) is 5.26 Å². The van der Waals surface area contributed by atoms with Crippen molar-refractivity contribution in [2.24, 2.45) is 17.8 Å². The number of nitriles is 1. The molecule has 4 fully saturated rings. The van der Waals surface area contributed by atoms with Crippen LogP contribution in [0.3, 0.4) is 0 Å². The molecule has 4 amide bonds. The molecule has 1 saturated carbocycles. The average molecular weight is 563 g/mol. The maximum absolute atomic E-state index is 13.5. The van der Waals surface area contributed by atoms with Crippen LogP contribution < -0.4 is 16.0 Å². The quantitative estimate of drug-likeness (QED) is 0.370. The molecule has 0 radical (unpaired) electrons. The number of amides is 4. The highest BCUT2D eigenvalue weighted by atomic mass is 19.4. The van der Waals surface area contributed by atoms with E-state index in [2.05, 4.69) is 10.6 Å². The number of fused-ring (bicyclic) bond motifs is 1. The SMILES string of the molecule is N#C[C@H](C[C@@H]1CCCNC1=O)NC(=O)[C@@H]1[C@H]2CCC[C@H]2CN1C(=O)[C@H](CN1CC(F)(F)C1)NC(=O)C(F)(F)F. The first-order chi connectivity index (χ1) is 18.3. The molecule has 3 heterocycles. The maximum Gasteiger partial charge on any atom is 0.471 e. The summed E-state index contributed by atoms with van der Waals surface area (Å²) in [5.41, 5.74) is 0. The van der Waals surface area contributed by atoms with Gasteiger partial charge in [-0.25, -0.2) is 8.78 Å². The van der Waals surface area contributed by atoms with Gasteiger partial charge in [-0.2, -0.15) is 18.4 Å². The number of nitrogens with zero attached hydrogens (tertiary/aromatic N) is 3. The van der Waals surface area contributed by atoms with E-state index in [1.54, 1.807) is 5.32 Å². The molecule has 6 atom stereocenters. The average Bonchev–Trinajstić information content (AvgIpc) is 3.43. The second-order valence-corrected chi connectivity index (χ2v) is 10.9. The van der Waals surface area contributed by atoms with Crippen LogP contribution in [-0.4, -0.2) is 96.4 Å². The summed E-state index contributed by atoms with van der Waals surface area (Å²) in [7, 11) is 0. The molecule has 0 spiro atoms. The monoisotopic (exact) mass is 562 g/mol. The van der Waals surface area contributed by atoms with E-state index in [1.807, 2.05) is 6.07 Å². The number of hydrogen-bond donors (Lipinski definition) is 3. The molecule has 15 heteroatoms. The molecule has 3 N–H and O–H groups in total. The summed E-state index contributed by atoms with van der Waals surface area (Å²) in [5.74, 6) is -8.18. The number of likely N-dealkylation sites (tertiary alicyclic amines) is 2. The summed E-state index contributed by atoms with van der Waals surface area (Å²) in [5, 5.41) is 16.6. The molecule has 4 rings (SSSR count). The zero-order chi connectivity index (χ0) is 28.5. The Bertz CT molecular complexity index is 1030. The van der Waals surface area contributed by atoms with Gasteiger partial charge in [0.05, 0.1) is 19.2 Å². The molecule has 0 aromatic rings. The van der Waals surface area contributed by atoms with Crippen molar-refractivity contribution in [3.05, 3.63) is 0 Å². The van der Waals surface area contributed by atoms with Crippen LogP contribution in [-0.2, 0) is 19.2 Å². The summed E-state index contributed by atoms with van der Waals surface area (Å²) < 4.78 is 65.7. The normalized spacial score (nSPS) is 29.8. The van der Waals surface area contributed by atoms with E-state index in [0.717, 1.165) is 22.6 Å². The summed E-state index contributed by atoms with van der Waals surface area (Å²) >= 11 is 0. The number of piperidine rings is 1. The zero-order valence-corrected chi connectivity index (χ0v) is 21.1. The molecule has 10 nitrogen and oxygen atoms in total. The van der Waals surface area contributed by atoms with Gasteiger partial charge in [0, 0.05) is 25.6 Å². The summed E-state index contributed by atoms with van der Waals surface area (Å²) in [6, 6.07) is -1.98. The molecule has 0 aromatic carbocycles. The van der Waals surface area contributed by atoms with E-state index >= 15 is 0 Å². The first-order valence-corrected chi connectivity index (χ1v) is 13.0. The second kappa shape index (κ2) is 11.2. The lowest BCUT2D eigenvalue weighted by Crippen LogP contribution is -2.64. The number of halogens is 5. The van der Waals surface area contributed by atoms with E-state index in [0.29, 0.717) is 25.8 Å². The third-order valence-electron chi connectivity index (χ3n) is 8.05. The van der Waals surface area contributed by atoms with Crippen molar-refractivity contribution in [3.8, 4) is 6.07 Å². The van der Waals surface area contributed by atoms with Gasteiger partial charge in [-0.1, -0.05) is 6.42 Å². The van der Waals surface area contributed by atoms with Crippen LogP contribution in [0.5, 0.6) is 0 Å². The topological polar surface area (TPSA) is 135 Å². The van der Waals surface area contributed by atoms with Crippen LogP contribution in [0.15, 0.2) is 0 Å². The summed E-state index contributed by atoms with van der Waals surface area (Å²) in [6.07, 6.45) is -1.92. The van der Waals surface area contributed by atoms with Gasteiger partial charge in [0.25, 0.3) is 5.92 Å². The number of carbonyl (C=O) groups excluding carboxylic acids is 4.